The molecule has 0 bridgehead atoms. The quantitative estimate of drug-likeness (QED) is 0.673. The second-order valence-electron chi connectivity index (χ2n) is 4.81. The lowest BCUT2D eigenvalue weighted by atomic mass is 9.85. The van der Waals surface area contributed by atoms with Gasteiger partial charge in [-0.1, -0.05) is 20.3 Å². The van der Waals surface area contributed by atoms with Gasteiger partial charge < -0.3 is 10.2 Å². The molecule has 1 aliphatic carbocycles. The highest BCUT2D eigenvalue weighted by Gasteiger charge is 2.20. The first-order valence-corrected chi connectivity index (χ1v) is 6.13. The maximum Gasteiger partial charge on any atom is 0.00191 e. The van der Waals surface area contributed by atoms with E-state index < -0.39 is 0 Å². The molecule has 1 fully saturated rings. The minimum atomic E-state index is 0.778. The molecule has 1 aliphatic rings. The summed E-state index contributed by atoms with van der Waals surface area (Å²) in [7, 11) is 2.04. The highest BCUT2D eigenvalue weighted by Crippen LogP contribution is 2.27. The van der Waals surface area contributed by atoms with Crippen molar-refractivity contribution < 1.29 is 0 Å². The van der Waals surface area contributed by atoms with E-state index in [4.69, 9.17) is 0 Å². The van der Waals surface area contributed by atoms with Crippen molar-refractivity contribution in [3.63, 3.8) is 0 Å². The van der Waals surface area contributed by atoms with Gasteiger partial charge in [-0.15, -0.1) is 0 Å². The standard InChI is InChI=1S/C12H26N2/c1-4-14(9-11(2)8-13-3)10-12-6-5-7-12/h11-13H,4-10H2,1-3H3. The SMILES string of the molecule is CCN(CC(C)CNC)CC1CCC1. The molecule has 1 N–H and O–H groups in total. The Kier molecular flexibility index (Phi) is 5.49. The summed E-state index contributed by atoms with van der Waals surface area (Å²) in [6, 6.07) is 0. The molecule has 0 aromatic rings. The van der Waals surface area contributed by atoms with Crippen LogP contribution < -0.4 is 5.32 Å². The lowest BCUT2D eigenvalue weighted by molar-refractivity contribution is 0.166. The topological polar surface area (TPSA) is 15.3 Å². The number of nitrogens with zero attached hydrogens (tertiary/aromatic N) is 1. The van der Waals surface area contributed by atoms with E-state index in [9.17, 15) is 0 Å². The van der Waals surface area contributed by atoms with Gasteiger partial charge in [-0.2, -0.15) is 0 Å². The normalized spacial score (nSPS) is 19.7. The van der Waals surface area contributed by atoms with Gasteiger partial charge in [-0.05, 0) is 44.8 Å². The zero-order chi connectivity index (χ0) is 10.4. The molecule has 14 heavy (non-hydrogen) atoms. The van der Waals surface area contributed by atoms with E-state index >= 15 is 0 Å². The first kappa shape index (κ1) is 12.0. The number of hydrogen-bond donors (Lipinski definition) is 1. The van der Waals surface area contributed by atoms with Crippen LogP contribution in [0.25, 0.3) is 0 Å². The molecule has 0 amide bonds. The smallest absolute Gasteiger partial charge is 0.00191 e. The van der Waals surface area contributed by atoms with Crippen LogP contribution in [-0.4, -0.2) is 38.1 Å². The molecule has 1 saturated carbocycles. The minimum Gasteiger partial charge on any atom is -0.319 e. The molecule has 1 rings (SSSR count). The molecule has 0 saturated heterocycles. The summed E-state index contributed by atoms with van der Waals surface area (Å²) in [4.78, 5) is 2.62. The highest BCUT2D eigenvalue weighted by atomic mass is 15.1. The summed E-state index contributed by atoms with van der Waals surface area (Å²) in [5, 5.41) is 3.25. The molecular weight excluding hydrogens is 172 g/mol. The van der Waals surface area contributed by atoms with Gasteiger partial charge in [0, 0.05) is 13.1 Å². The lowest BCUT2D eigenvalue weighted by Crippen LogP contribution is -2.37. The van der Waals surface area contributed by atoms with E-state index in [2.05, 4.69) is 24.1 Å². The fourth-order valence-corrected chi connectivity index (χ4v) is 2.23. The summed E-state index contributed by atoms with van der Waals surface area (Å²) in [6.45, 7) is 9.56. The van der Waals surface area contributed by atoms with Gasteiger partial charge in [0.05, 0.1) is 0 Å². The Balaban J connectivity index is 2.15. The molecule has 0 spiro atoms. The summed E-state index contributed by atoms with van der Waals surface area (Å²) in [6.07, 6.45) is 4.40. The van der Waals surface area contributed by atoms with Gasteiger partial charge in [-0.3, -0.25) is 0 Å². The first-order valence-electron chi connectivity index (χ1n) is 6.13. The third kappa shape index (κ3) is 3.97. The molecule has 84 valence electrons. The van der Waals surface area contributed by atoms with Crippen LogP contribution in [0.15, 0.2) is 0 Å². The molecule has 0 aromatic heterocycles. The average molecular weight is 198 g/mol. The Bertz CT molecular complexity index is 143. The fourth-order valence-electron chi connectivity index (χ4n) is 2.23. The van der Waals surface area contributed by atoms with Crippen LogP contribution in [0.4, 0.5) is 0 Å². The van der Waals surface area contributed by atoms with Crippen molar-refractivity contribution in [3.8, 4) is 0 Å². The second kappa shape index (κ2) is 6.41. The third-order valence-electron chi connectivity index (χ3n) is 3.31. The van der Waals surface area contributed by atoms with Crippen LogP contribution >= 0.6 is 0 Å². The Morgan fingerprint density at radius 1 is 1.43 bits per heavy atom. The van der Waals surface area contributed by atoms with Crippen molar-refractivity contribution in [2.24, 2.45) is 11.8 Å². The predicted octanol–water partition coefficient (Wildman–Crippen LogP) is 1.96. The molecule has 1 atom stereocenters. The van der Waals surface area contributed by atoms with Gasteiger partial charge in [0.25, 0.3) is 0 Å². The van der Waals surface area contributed by atoms with Crippen LogP contribution in [0, 0.1) is 11.8 Å². The average Bonchev–Trinajstić information content (AvgIpc) is 2.09. The van der Waals surface area contributed by atoms with Gasteiger partial charge in [0.15, 0.2) is 0 Å². The zero-order valence-electron chi connectivity index (χ0n) is 10.1. The molecule has 0 heterocycles. The maximum absolute atomic E-state index is 3.25. The predicted molar refractivity (Wildman–Crippen MR) is 62.5 cm³/mol. The Morgan fingerprint density at radius 3 is 2.57 bits per heavy atom. The van der Waals surface area contributed by atoms with Crippen LogP contribution in [0.2, 0.25) is 0 Å². The van der Waals surface area contributed by atoms with Crippen molar-refractivity contribution in [2.45, 2.75) is 33.1 Å². The van der Waals surface area contributed by atoms with Crippen molar-refractivity contribution in [1.82, 2.24) is 10.2 Å². The largest absolute Gasteiger partial charge is 0.319 e. The molecule has 2 nitrogen and oxygen atoms in total. The zero-order valence-corrected chi connectivity index (χ0v) is 10.1. The number of nitrogens with one attached hydrogen (secondary N) is 1. The van der Waals surface area contributed by atoms with Gasteiger partial charge in [0.2, 0.25) is 0 Å². The Hall–Kier alpha value is -0.0800. The summed E-state index contributed by atoms with van der Waals surface area (Å²) in [5.41, 5.74) is 0. The van der Waals surface area contributed by atoms with Crippen LogP contribution in [0.1, 0.15) is 33.1 Å². The van der Waals surface area contributed by atoms with E-state index in [1.165, 1.54) is 38.9 Å². The lowest BCUT2D eigenvalue weighted by Gasteiger charge is -2.33. The van der Waals surface area contributed by atoms with E-state index in [-0.39, 0.29) is 0 Å². The maximum atomic E-state index is 3.25. The van der Waals surface area contributed by atoms with Crippen molar-refractivity contribution >= 4 is 0 Å². The Morgan fingerprint density at radius 2 is 2.14 bits per heavy atom. The van der Waals surface area contributed by atoms with Crippen LogP contribution in [-0.2, 0) is 0 Å². The summed E-state index contributed by atoms with van der Waals surface area (Å²) in [5.74, 6) is 1.79. The van der Waals surface area contributed by atoms with Gasteiger partial charge in [-0.25, -0.2) is 0 Å². The van der Waals surface area contributed by atoms with Crippen molar-refractivity contribution in [1.29, 1.82) is 0 Å². The highest BCUT2D eigenvalue weighted by molar-refractivity contribution is 4.74. The number of hydrogen-bond acceptors (Lipinski definition) is 2. The molecule has 1 unspecified atom stereocenters. The van der Waals surface area contributed by atoms with Gasteiger partial charge in [0.1, 0.15) is 0 Å². The number of rotatable bonds is 7. The first-order chi connectivity index (χ1) is 6.76. The van der Waals surface area contributed by atoms with E-state index in [0.717, 1.165) is 18.4 Å². The molecule has 0 radical (unpaired) electrons. The van der Waals surface area contributed by atoms with Gasteiger partial charge >= 0.3 is 0 Å². The molecular formula is C12H26N2. The minimum absolute atomic E-state index is 0.778. The molecule has 2 heteroatoms. The summed E-state index contributed by atoms with van der Waals surface area (Å²) < 4.78 is 0. The van der Waals surface area contributed by atoms with Crippen molar-refractivity contribution in [3.05, 3.63) is 0 Å². The van der Waals surface area contributed by atoms with Crippen molar-refractivity contribution in [2.75, 3.05) is 33.2 Å². The second-order valence-corrected chi connectivity index (χ2v) is 4.81. The Labute approximate surface area is 89.1 Å². The molecule has 0 aromatic carbocycles. The van der Waals surface area contributed by atoms with E-state index in [1.807, 2.05) is 7.05 Å². The fraction of sp³-hybridized carbons (Fsp3) is 1.00. The van der Waals surface area contributed by atoms with Crippen LogP contribution in [0.3, 0.4) is 0 Å². The molecule has 0 aliphatic heterocycles. The van der Waals surface area contributed by atoms with E-state index in [1.54, 1.807) is 0 Å². The third-order valence-corrected chi connectivity index (χ3v) is 3.31. The summed E-state index contributed by atoms with van der Waals surface area (Å²) >= 11 is 0. The van der Waals surface area contributed by atoms with E-state index in [0.29, 0.717) is 0 Å². The monoisotopic (exact) mass is 198 g/mol. The van der Waals surface area contributed by atoms with Crippen LogP contribution in [0.5, 0.6) is 0 Å².